The van der Waals surface area contributed by atoms with Crippen molar-refractivity contribution in [2.45, 2.75) is 13.0 Å². The second kappa shape index (κ2) is 10.1. The average molecular weight is 496 g/mol. The van der Waals surface area contributed by atoms with Crippen LogP contribution in [0.5, 0.6) is 11.5 Å². The van der Waals surface area contributed by atoms with E-state index in [0.29, 0.717) is 0 Å². The molecule has 0 saturated heterocycles. The van der Waals surface area contributed by atoms with Crippen molar-refractivity contribution in [2.24, 2.45) is 5.11 Å². The molecule has 33 heavy (non-hydrogen) atoms. The van der Waals surface area contributed by atoms with Crippen LogP contribution in [-0.2, 0) is 6.54 Å². The van der Waals surface area contributed by atoms with E-state index in [9.17, 15) is 13.6 Å². The molecule has 14 heteroatoms. The Morgan fingerprint density at radius 2 is 2.12 bits per heavy atom. The van der Waals surface area contributed by atoms with Gasteiger partial charge < -0.3 is 15.0 Å². The third-order valence-electron chi connectivity index (χ3n) is 4.10. The first-order chi connectivity index (χ1) is 15.7. The molecule has 9 nitrogen and oxygen atoms in total. The number of aromatic amines is 1. The summed E-state index contributed by atoms with van der Waals surface area (Å²) in [6.07, 6.45) is -3.07. The van der Waals surface area contributed by atoms with Gasteiger partial charge in [0.05, 0.1) is 17.2 Å². The van der Waals surface area contributed by atoms with Crippen LogP contribution >= 0.6 is 23.2 Å². The summed E-state index contributed by atoms with van der Waals surface area (Å²) in [5, 5.41) is 14.4. The first kappa shape index (κ1) is 23.7. The molecule has 0 aliphatic heterocycles. The van der Waals surface area contributed by atoms with Gasteiger partial charge in [0.2, 0.25) is 0 Å². The van der Waals surface area contributed by atoms with E-state index in [2.05, 4.69) is 25.3 Å². The minimum Gasteiger partial charge on any atom is -0.454 e. The zero-order valence-corrected chi connectivity index (χ0v) is 17.6. The van der Waals surface area contributed by atoms with E-state index >= 15 is 4.39 Å². The Morgan fingerprint density at radius 1 is 1.36 bits per heavy atom. The molecule has 1 aromatic heterocycles. The number of azide groups is 1. The molecule has 0 fully saturated rings. The SMILES string of the molecule is N#Cc1cc(Cl)cc(Oc2c(C(F)F)ccc(CNC(=O)c3nc(N=[N+]=[N-])[nH]c3Cl)c2F)c1. The molecule has 3 aromatic rings. The molecule has 1 amide bonds. The molecule has 0 saturated carbocycles. The highest BCUT2D eigenvalue weighted by Crippen LogP contribution is 2.37. The quantitative estimate of drug-likeness (QED) is 0.224. The Hall–Kier alpha value is -3.91. The number of benzene rings is 2. The number of nitrogens with zero attached hydrogens (tertiary/aromatic N) is 5. The van der Waals surface area contributed by atoms with Crippen molar-refractivity contribution >= 4 is 35.1 Å². The van der Waals surface area contributed by atoms with Gasteiger partial charge in [-0.05, 0) is 34.9 Å². The van der Waals surface area contributed by atoms with Crippen molar-refractivity contribution < 1.29 is 22.7 Å². The van der Waals surface area contributed by atoms with Gasteiger partial charge in [0.15, 0.2) is 23.2 Å². The lowest BCUT2D eigenvalue weighted by Gasteiger charge is -2.15. The lowest BCUT2D eigenvalue weighted by atomic mass is 10.1. The number of aromatic nitrogens is 2. The maximum Gasteiger partial charge on any atom is 0.273 e. The molecule has 0 aliphatic rings. The van der Waals surface area contributed by atoms with Crippen molar-refractivity contribution in [3.05, 3.63) is 79.2 Å². The van der Waals surface area contributed by atoms with Gasteiger partial charge in [-0.15, -0.1) is 0 Å². The van der Waals surface area contributed by atoms with Crippen LogP contribution in [0.3, 0.4) is 0 Å². The van der Waals surface area contributed by atoms with E-state index in [4.69, 9.17) is 38.7 Å². The van der Waals surface area contributed by atoms with E-state index in [1.54, 1.807) is 0 Å². The highest BCUT2D eigenvalue weighted by Gasteiger charge is 2.23. The van der Waals surface area contributed by atoms with Crippen LogP contribution in [-0.4, -0.2) is 15.9 Å². The maximum atomic E-state index is 15.1. The Bertz CT molecular complexity index is 1320. The fourth-order valence-electron chi connectivity index (χ4n) is 2.67. The summed E-state index contributed by atoms with van der Waals surface area (Å²) in [5.74, 6) is -3.17. The van der Waals surface area contributed by atoms with Crippen LogP contribution in [0, 0.1) is 17.1 Å². The normalized spacial score (nSPS) is 10.5. The number of amides is 1. The lowest BCUT2D eigenvalue weighted by Crippen LogP contribution is -2.24. The number of ether oxygens (including phenoxy) is 1. The summed E-state index contributed by atoms with van der Waals surface area (Å²) in [6.45, 7) is -0.441. The predicted octanol–water partition coefficient (Wildman–Crippen LogP) is 6.33. The monoisotopic (exact) mass is 495 g/mol. The van der Waals surface area contributed by atoms with Gasteiger partial charge in [-0.1, -0.05) is 29.3 Å². The molecule has 1 heterocycles. The fourth-order valence-corrected chi connectivity index (χ4v) is 3.11. The van der Waals surface area contributed by atoms with Gasteiger partial charge in [0, 0.05) is 22.0 Å². The molecule has 0 bridgehead atoms. The zero-order valence-electron chi connectivity index (χ0n) is 16.1. The van der Waals surface area contributed by atoms with Crippen LogP contribution in [0.15, 0.2) is 35.4 Å². The summed E-state index contributed by atoms with van der Waals surface area (Å²) in [7, 11) is 0. The number of halogens is 5. The number of carbonyl (C=O) groups is 1. The summed E-state index contributed by atoms with van der Waals surface area (Å²) in [5.41, 5.74) is 7.24. The maximum absolute atomic E-state index is 15.1. The fraction of sp³-hybridized carbons (Fsp3) is 0.105. The number of carbonyl (C=O) groups excluding carboxylic acids is 1. The number of H-pyrrole nitrogens is 1. The van der Waals surface area contributed by atoms with Gasteiger partial charge in [-0.25, -0.2) is 18.2 Å². The largest absolute Gasteiger partial charge is 0.454 e. The van der Waals surface area contributed by atoms with Crippen LogP contribution in [0.2, 0.25) is 10.2 Å². The Labute approximate surface area is 193 Å². The predicted molar refractivity (Wildman–Crippen MR) is 111 cm³/mol. The zero-order chi connectivity index (χ0) is 24.1. The Balaban J connectivity index is 1.88. The highest BCUT2D eigenvalue weighted by atomic mass is 35.5. The second-order valence-corrected chi connectivity index (χ2v) is 7.06. The summed E-state index contributed by atoms with van der Waals surface area (Å²) < 4.78 is 47.3. The van der Waals surface area contributed by atoms with Crippen LogP contribution in [0.25, 0.3) is 10.4 Å². The molecule has 168 valence electrons. The molecule has 0 aliphatic carbocycles. The van der Waals surface area contributed by atoms with Crippen molar-refractivity contribution in [2.75, 3.05) is 0 Å². The van der Waals surface area contributed by atoms with E-state index in [1.807, 2.05) is 6.07 Å². The first-order valence-electron chi connectivity index (χ1n) is 8.80. The number of imidazole rings is 1. The minimum absolute atomic E-state index is 0.0795. The molecule has 2 N–H and O–H groups in total. The van der Waals surface area contributed by atoms with Crippen molar-refractivity contribution in [3.63, 3.8) is 0 Å². The van der Waals surface area contributed by atoms with Gasteiger partial charge in [0.25, 0.3) is 12.3 Å². The van der Waals surface area contributed by atoms with E-state index in [-0.39, 0.29) is 38.7 Å². The van der Waals surface area contributed by atoms with E-state index in [1.165, 1.54) is 18.2 Å². The number of alkyl halides is 2. The second-order valence-electron chi connectivity index (χ2n) is 6.24. The van der Waals surface area contributed by atoms with Crippen molar-refractivity contribution in [1.29, 1.82) is 5.26 Å². The third kappa shape index (κ3) is 5.48. The number of nitrogens with one attached hydrogen (secondary N) is 2. The molecular formula is C19H10Cl2F3N7O2. The van der Waals surface area contributed by atoms with Crippen LogP contribution < -0.4 is 10.1 Å². The molecular weight excluding hydrogens is 486 g/mol. The van der Waals surface area contributed by atoms with Crippen LogP contribution in [0.4, 0.5) is 19.1 Å². The number of hydrogen-bond acceptors (Lipinski definition) is 5. The molecule has 3 rings (SSSR count). The first-order valence-corrected chi connectivity index (χ1v) is 9.55. The Kier molecular flexibility index (Phi) is 7.30. The topological polar surface area (TPSA) is 140 Å². The summed E-state index contributed by atoms with van der Waals surface area (Å²) >= 11 is 11.7. The van der Waals surface area contributed by atoms with Crippen LogP contribution in [0.1, 0.15) is 33.6 Å². The number of hydrogen-bond donors (Lipinski definition) is 2. The van der Waals surface area contributed by atoms with Gasteiger partial charge in [0.1, 0.15) is 10.9 Å². The summed E-state index contributed by atoms with van der Waals surface area (Å²) in [6, 6.07) is 7.57. The van der Waals surface area contributed by atoms with E-state index < -0.39 is 36.0 Å². The van der Waals surface area contributed by atoms with E-state index in [0.717, 1.165) is 12.1 Å². The number of nitriles is 1. The minimum atomic E-state index is -3.07. The molecule has 0 radical (unpaired) electrons. The highest BCUT2D eigenvalue weighted by molar-refractivity contribution is 6.32. The van der Waals surface area contributed by atoms with Crippen molar-refractivity contribution in [3.8, 4) is 17.6 Å². The molecule has 0 spiro atoms. The van der Waals surface area contributed by atoms with Gasteiger partial charge in [-0.3, -0.25) is 4.79 Å². The molecule has 0 unspecified atom stereocenters. The lowest BCUT2D eigenvalue weighted by molar-refractivity contribution is 0.0946. The van der Waals surface area contributed by atoms with Gasteiger partial charge >= 0.3 is 0 Å². The standard InChI is InChI=1S/C19H10Cl2F3N7O2/c20-10-3-8(6-25)4-11(5-10)33-15-12(17(23)24)2-1-9(13(15)22)7-27-18(32)14-16(21)29-19(28-14)30-31-26/h1-5,17H,7H2,(H,27,32)(H,28,29). The van der Waals surface area contributed by atoms with Crippen molar-refractivity contribution in [1.82, 2.24) is 15.3 Å². The summed E-state index contributed by atoms with van der Waals surface area (Å²) in [4.78, 5) is 20.9. The molecule has 2 aromatic carbocycles. The Morgan fingerprint density at radius 3 is 2.79 bits per heavy atom. The smallest absolute Gasteiger partial charge is 0.273 e. The number of rotatable bonds is 7. The van der Waals surface area contributed by atoms with Gasteiger partial charge in [-0.2, -0.15) is 5.26 Å². The average Bonchev–Trinajstić information content (AvgIpc) is 3.13. The molecule has 0 atom stereocenters. The third-order valence-corrected chi connectivity index (χ3v) is 4.60.